The van der Waals surface area contributed by atoms with Crippen LogP contribution in [0.1, 0.15) is 6.92 Å². The molecule has 0 spiro atoms. The lowest BCUT2D eigenvalue weighted by atomic mass is 10.3. The SMILES string of the molecule is C[C@H](Oc1ccccc1)C(=O)Oc1ccc(Oc2ccccc2)cc1. The molecule has 126 valence electrons. The van der Waals surface area contributed by atoms with Crippen LogP contribution in [0.5, 0.6) is 23.0 Å². The molecule has 0 aromatic heterocycles. The maximum atomic E-state index is 12.1. The zero-order valence-corrected chi connectivity index (χ0v) is 13.8. The van der Waals surface area contributed by atoms with E-state index < -0.39 is 12.1 Å². The summed E-state index contributed by atoms with van der Waals surface area (Å²) < 4.78 is 16.6. The van der Waals surface area contributed by atoms with Crippen molar-refractivity contribution in [3.8, 4) is 23.0 Å². The van der Waals surface area contributed by atoms with E-state index in [-0.39, 0.29) is 0 Å². The number of rotatable bonds is 6. The molecule has 3 aromatic carbocycles. The highest BCUT2D eigenvalue weighted by atomic mass is 16.6. The summed E-state index contributed by atoms with van der Waals surface area (Å²) in [6.07, 6.45) is -0.706. The van der Waals surface area contributed by atoms with Gasteiger partial charge in [-0.05, 0) is 55.5 Å². The van der Waals surface area contributed by atoms with E-state index in [4.69, 9.17) is 14.2 Å². The highest BCUT2D eigenvalue weighted by Gasteiger charge is 2.17. The molecule has 3 rings (SSSR count). The van der Waals surface area contributed by atoms with Crippen LogP contribution < -0.4 is 14.2 Å². The summed E-state index contributed by atoms with van der Waals surface area (Å²) in [4.78, 5) is 12.1. The summed E-state index contributed by atoms with van der Waals surface area (Å²) in [5.41, 5.74) is 0. The Morgan fingerprint density at radius 3 is 1.76 bits per heavy atom. The van der Waals surface area contributed by atoms with Gasteiger partial charge in [0.15, 0.2) is 6.10 Å². The molecule has 0 amide bonds. The first-order chi connectivity index (χ1) is 12.2. The molecule has 0 aliphatic heterocycles. The Kier molecular flexibility index (Phi) is 5.32. The van der Waals surface area contributed by atoms with Gasteiger partial charge in [-0.3, -0.25) is 0 Å². The monoisotopic (exact) mass is 334 g/mol. The topological polar surface area (TPSA) is 44.8 Å². The lowest BCUT2D eigenvalue weighted by Crippen LogP contribution is -2.28. The number of hydrogen-bond acceptors (Lipinski definition) is 4. The van der Waals surface area contributed by atoms with E-state index in [1.807, 2.05) is 48.5 Å². The number of carbonyl (C=O) groups is 1. The molecule has 0 heterocycles. The van der Waals surface area contributed by atoms with Crippen LogP contribution in [0.4, 0.5) is 0 Å². The fourth-order valence-corrected chi connectivity index (χ4v) is 2.15. The number of para-hydroxylation sites is 2. The zero-order valence-electron chi connectivity index (χ0n) is 13.8. The van der Waals surface area contributed by atoms with Crippen LogP contribution in [0.2, 0.25) is 0 Å². The number of esters is 1. The number of ether oxygens (including phenoxy) is 3. The molecule has 3 aromatic rings. The summed E-state index contributed by atoms with van der Waals surface area (Å²) in [5, 5.41) is 0. The van der Waals surface area contributed by atoms with Crippen LogP contribution in [0, 0.1) is 0 Å². The zero-order chi connectivity index (χ0) is 17.5. The third-order valence-corrected chi connectivity index (χ3v) is 3.41. The molecule has 1 atom stereocenters. The van der Waals surface area contributed by atoms with Crippen molar-refractivity contribution >= 4 is 5.97 Å². The fraction of sp³-hybridized carbons (Fsp3) is 0.0952. The van der Waals surface area contributed by atoms with Crippen molar-refractivity contribution in [3.63, 3.8) is 0 Å². The predicted molar refractivity (Wildman–Crippen MR) is 95.1 cm³/mol. The minimum atomic E-state index is -0.706. The van der Waals surface area contributed by atoms with E-state index in [2.05, 4.69) is 0 Å². The van der Waals surface area contributed by atoms with Gasteiger partial charge < -0.3 is 14.2 Å². The minimum Gasteiger partial charge on any atom is -0.479 e. The fourth-order valence-electron chi connectivity index (χ4n) is 2.15. The van der Waals surface area contributed by atoms with Crippen LogP contribution >= 0.6 is 0 Å². The van der Waals surface area contributed by atoms with Gasteiger partial charge >= 0.3 is 5.97 Å². The second-order valence-electron chi connectivity index (χ2n) is 5.38. The van der Waals surface area contributed by atoms with Gasteiger partial charge in [-0.25, -0.2) is 4.79 Å². The average Bonchev–Trinajstić information content (AvgIpc) is 2.65. The standard InChI is InChI=1S/C21H18O4/c1-16(23-17-8-4-2-5-9-17)21(22)25-20-14-12-19(13-15-20)24-18-10-6-3-7-11-18/h2-16H,1H3/t16-/m0/s1. The first-order valence-corrected chi connectivity index (χ1v) is 7.97. The number of hydrogen-bond donors (Lipinski definition) is 0. The molecule has 0 saturated carbocycles. The minimum absolute atomic E-state index is 0.439. The average molecular weight is 334 g/mol. The molecule has 0 fully saturated rings. The summed E-state index contributed by atoms with van der Waals surface area (Å²) >= 11 is 0. The van der Waals surface area contributed by atoms with E-state index in [0.29, 0.717) is 17.2 Å². The van der Waals surface area contributed by atoms with Crippen molar-refractivity contribution < 1.29 is 19.0 Å². The van der Waals surface area contributed by atoms with E-state index in [1.54, 1.807) is 43.3 Å². The Morgan fingerprint density at radius 1 is 0.680 bits per heavy atom. The quantitative estimate of drug-likeness (QED) is 0.477. The smallest absolute Gasteiger partial charge is 0.352 e. The summed E-state index contributed by atoms with van der Waals surface area (Å²) in [7, 11) is 0. The van der Waals surface area contributed by atoms with Crippen molar-refractivity contribution in [1.29, 1.82) is 0 Å². The van der Waals surface area contributed by atoms with Crippen molar-refractivity contribution in [2.45, 2.75) is 13.0 Å². The molecular weight excluding hydrogens is 316 g/mol. The van der Waals surface area contributed by atoms with Gasteiger partial charge in [0.05, 0.1) is 0 Å². The Labute approximate surface area is 146 Å². The molecule has 0 radical (unpaired) electrons. The lowest BCUT2D eigenvalue weighted by molar-refractivity contribution is -0.141. The maximum Gasteiger partial charge on any atom is 0.352 e. The van der Waals surface area contributed by atoms with Gasteiger partial charge in [0, 0.05) is 0 Å². The van der Waals surface area contributed by atoms with Gasteiger partial charge in [0.1, 0.15) is 23.0 Å². The number of carbonyl (C=O) groups excluding carboxylic acids is 1. The van der Waals surface area contributed by atoms with Gasteiger partial charge in [-0.1, -0.05) is 36.4 Å². The molecule has 0 bridgehead atoms. The van der Waals surface area contributed by atoms with Crippen LogP contribution in [0.3, 0.4) is 0 Å². The van der Waals surface area contributed by atoms with Gasteiger partial charge in [-0.15, -0.1) is 0 Å². The Hall–Kier alpha value is -3.27. The van der Waals surface area contributed by atoms with Gasteiger partial charge in [0.25, 0.3) is 0 Å². The molecule has 0 aliphatic rings. The molecular formula is C21H18O4. The summed E-state index contributed by atoms with van der Waals surface area (Å²) in [6.45, 7) is 1.65. The summed E-state index contributed by atoms with van der Waals surface area (Å²) in [6, 6.07) is 25.5. The molecule has 0 N–H and O–H groups in total. The molecule has 0 saturated heterocycles. The second-order valence-corrected chi connectivity index (χ2v) is 5.38. The summed E-state index contributed by atoms with van der Waals surface area (Å²) in [5.74, 6) is 2.02. The van der Waals surface area contributed by atoms with E-state index in [9.17, 15) is 4.79 Å². The molecule has 25 heavy (non-hydrogen) atoms. The van der Waals surface area contributed by atoms with Crippen LogP contribution in [0.25, 0.3) is 0 Å². The van der Waals surface area contributed by atoms with Crippen molar-refractivity contribution in [2.24, 2.45) is 0 Å². The molecule has 0 unspecified atom stereocenters. The van der Waals surface area contributed by atoms with E-state index >= 15 is 0 Å². The maximum absolute atomic E-state index is 12.1. The Bertz CT molecular complexity index is 798. The molecule has 4 nitrogen and oxygen atoms in total. The third-order valence-electron chi connectivity index (χ3n) is 3.41. The lowest BCUT2D eigenvalue weighted by Gasteiger charge is -2.14. The van der Waals surface area contributed by atoms with E-state index in [1.165, 1.54) is 0 Å². The van der Waals surface area contributed by atoms with Crippen molar-refractivity contribution in [2.75, 3.05) is 0 Å². The predicted octanol–water partition coefficient (Wildman–Crippen LogP) is 4.85. The van der Waals surface area contributed by atoms with Crippen LogP contribution in [-0.4, -0.2) is 12.1 Å². The van der Waals surface area contributed by atoms with Gasteiger partial charge in [0.2, 0.25) is 0 Å². The first-order valence-electron chi connectivity index (χ1n) is 7.97. The number of benzene rings is 3. The Balaban J connectivity index is 1.56. The van der Waals surface area contributed by atoms with Gasteiger partial charge in [-0.2, -0.15) is 0 Å². The normalized spacial score (nSPS) is 11.4. The third kappa shape index (κ3) is 4.85. The molecule has 0 aliphatic carbocycles. The van der Waals surface area contributed by atoms with Crippen molar-refractivity contribution in [1.82, 2.24) is 0 Å². The van der Waals surface area contributed by atoms with Crippen LogP contribution in [0.15, 0.2) is 84.9 Å². The van der Waals surface area contributed by atoms with E-state index in [0.717, 1.165) is 5.75 Å². The second kappa shape index (κ2) is 8.02. The highest BCUT2D eigenvalue weighted by molar-refractivity contribution is 5.77. The van der Waals surface area contributed by atoms with Crippen LogP contribution in [-0.2, 0) is 4.79 Å². The first kappa shape index (κ1) is 16.6. The van der Waals surface area contributed by atoms with Crippen molar-refractivity contribution in [3.05, 3.63) is 84.9 Å². The highest BCUT2D eigenvalue weighted by Crippen LogP contribution is 2.24. The largest absolute Gasteiger partial charge is 0.479 e. The molecule has 4 heteroatoms. The Morgan fingerprint density at radius 2 is 1.16 bits per heavy atom.